The van der Waals surface area contributed by atoms with Gasteiger partial charge in [0, 0.05) is 37.6 Å². The number of hydrogen-bond acceptors (Lipinski definition) is 20. The van der Waals surface area contributed by atoms with Crippen molar-refractivity contribution in [3.05, 3.63) is 119 Å². The molecule has 0 spiro atoms. The van der Waals surface area contributed by atoms with Crippen LogP contribution in [0, 0.1) is 10.8 Å². The van der Waals surface area contributed by atoms with Crippen LogP contribution in [0.15, 0.2) is 97.1 Å². The third kappa shape index (κ3) is 28.0. The standard InChI is InChI=1S/C52H68N10O22S2.ClH/c53-51(54)59-39-9-5-37(6-10-39)49(71)83-41-13-1-35(2-14-41)33-57-85(73,74)61(43(47(67)68)31-45(63)64)17-19-77-21-23-79-25-27-81-29-30-82-28-26-80-24-22-78-20-18-62(44(48(69)70)32-46(65)66)86(75,76)58-34-36-3-15-42(16-4-36)84-50(72)38-7-11-40(12-8-38)60-52(55)56;/h1-16,43-44,57-58H,17-34H2,(H,63,64)(H,65,66)(H,67,68)(H,69,70)(H4,53,54,59)(H4,55,56,60);1H. The van der Waals surface area contributed by atoms with Crippen molar-refractivity contribution in [1.82, 2.24) is 18.1 Å². The minimum Gasteiger partial charge on any atom is -0.481 e. The molecule has 14 N–H and O–H groups in total. The van der Waals surface area contributed by atoms with Crippen molar-refractivity contribution in [3.63, 3.8) is 0 Å². The zero-order valence-corrected chi connectivity index (χ0v) is 49.0. The van der Waals surface area contributed by atoms with Gasteiger partial charge in [-0.15, -0.1) is 12.4 Å². The number of carbonyl (C=O) groups is 6. The number of carboxylic acid groups (broad SMARTS) is 4. The van der Waals surface area contributed by atoms with Gasteiger partial charge in [-0.25, -0.2) is 9.59 Å². The second-order valence-electron chi connectivity index (χ2n) is 17.8. The highest BCUT2D eigenvalue weighted by atomic mass is 35.5. The Labute approximate surface area is 506 Å². The fourth-order valence-corrected chi connectivity index (χ4v) is 9.90. The quantitative estimate of drug-likeness (QED) is 0.00970. The number of carbonyl (C=O) groups excluding carboxylic acids is 2. The van der Waals surface area contributed by atoms with E-state index < -0.39 is 94.2 Å². The van der Waals surface area contributed by atoms with Crippen LogP contribution in [0.1, 0.15) is 44.7 Å². The molecule has 0 aliphatic carbocycles. The summed E-state index contributed by atoms with van der Waals surface area (Å²) in [7, 11) is -9.24. The molecule has 2 atom stereocenters. The molecule has 478 valence electrons. The van der Waals surface area contributed by atoms with E-state index in [1.807, 2.05) is 0 Å². The molecule has 4 rings (SSSR count). The monoisotopic (exact) mass is 1280 g/mol. The minimum absolute atomic E-state index is 0. The first-order valence-corrected chi connectivity index (χ1v) is 28.7. The first-order valence-electron chi connectivity index (χ1n) is 25.9. The molecular formula is C52H69ClN10O22S2. The van der Waals surface area contributed by atoms with Crippen molar-refractivity contribution < 1.29 is 104 Å². The lowest BCUT2D eigenvalue weighted by molar-refractivity contribution is -0.148. The van der Waals surface area contributed by atoms with Crippen molar-refractivity contribution in [2.75, 3.05) is 103 Å². The maximum atomic E-state index is 13.4. The number of esters is 2. The van der Waals surface area contributed by atoms with Gasteiger partial charge in [-0.3, -0.25) is 30.0 Å². The third-order valence-electron chi connectivity index (χ3n) is 11.4. The topological polar surface area (TPSA) is 480 Å². The van der Waals surface area contributed by atoms with Gasteiger partial charge < -0.3 is 80.4 Å². The van der Waals surface area contributed by atoms with Gasteiger partial charge >= 0.3 is 35.8 Å². The average molecular weight is 1290 g/mol. The second kappa shape index (κ2) is 38.2. The number of nitrogens with one attached hydrogen (secondary N) is 6. The molecule has 0 amide bonds. The molecule has 32 nitrogen and oxygen atoms in total. The molecule has 87 heavy (non-hydrogen) atoms. The Morgan fingerprint density at radius 2 is 0.724 bits per heavy atom. The van der Waals surface area contributed by atoms with E-state index in [2.05, 4.69) is 20.1 Å². The SMILES string of the molecule is Cl.N=C(N)Nc1ccc(C(=O)Oc2ccc(CNS(=O)(=O)N(CCOCCOCCOCCOCCOCCOCCN(C(CC(=O)O)C(=O)O)S(=O)(=O)NCc3ccc(OC(=O)c4ccc(NC(=N)N)cc4)cc3)C(CC(=O)O)C(=O)O)cc2)cc1. The fraction of sp³-hybridized carbons (Fsp3) is 0.385. The molecule has 0 aromatic heterocycles. The van der Waals surface area contributed by atoms with Crippen molar-refractivity contribution >= 4 is 91.9 Å². The molecule has 2 unspecified atom stereocenters. The minimum atomic E-state index is -4.62. The summed E-state index contributed by atoms with van der Waals surface area (Å²) in [5.41, 5.74) is 12.7. The molecule has 0 radical (unpaired) electrons. The maximum absolute atomic E-state index is 13.4. The van der Waals surface area contributed by atoms with E-state index in [9.17, 15) is 66.0 Å². The van der Waals surface area contributed by atoms with Crippen LogP contribution in [0.4, 0.5) is 11.4 Å². The van der Waals surface area contributed by atoms with Crippen LogP contribution < -0.4 is 41.0 Å². The number of guanidine groups is 2. The Morgan fingerprint density at radius 1 is 0.448 bits per heavy atom. The fourth-order valence-electron chi connectivity index (χ4n) is 7.24. The normalized spacial score (nSPS) is 12.1. The van der Waals surface area contributed by atoms with E-state index in [0.29, 0.717) is 31.1 Å². The number of rotatable bonds is 43. The lowest BCUT2D eigenvalue weighted by Crippen LogP contribution is -2.51. The van der Waals surface area contributed by atoms with Gasteiger partial charge in [-0.2, -0.15) is 34.9 Å². The van der Waals surface area contributed by atoms with E-state index >= 15 is 0 Å². The summed E-state index contributed by atoms with van der Waals surface area (Å²) in [5, 5.41) is 58.0. The van der Waals surface area contributed by atoms with E-state index in [-0.39, 0.29) is 139 Å². The van der Waals surface area contributed by atoms with Crippen LogP contribution in [0.5, 0.6) is 11.5 Å². The van der Waals surface area contributed by atoms with Crippen LogP contribution in [0.2, 0.25) is 0 Å². The number of carboxylic acids is 4. The number of benzene rings is 4. The molecule has 0 fully saturated rings. The number of hydrogen-bond donors (Lipinski definition) is 12. The first kappa shape index (κ1) is 73.3. The van der Waals surface area contributed by atoms with Crippen molar-refractivity contribution in [2.45, 2.75) is 38.0 Å². The highest BCUT2D eigenvalue weighted by molar-refractivity contribution is 7.87. The average Bonchev–Trinajstić information content (AvgIpc) is 2.37. The summed E-state index contributed by atoms with van der Waals surface area (Å²) >= 11 is 0. The molecule has 0 saturated heterocycles. The molecule has 35 heteroatoms. The third-order valence-corrected chi connectivity index (χ3v) is 14.5. The number of ether oxygens (including phenoxy) is 8. The smallest absolute Gasteiger partial charge is 0.343 e. The van der Waals surface area contributed by atoms with Gasteiger partial charge in [0.1, 0.15) is 23.6 Å². The van der Waals surface area contributed by atoms with Gasteiger partial charge in [-0.1, -0.05) is 24.3 Å². The van der Waals surface area contributed by atoms with E-state index in [1.165, 1.54) is 97.1 Å². The Balaban J connectivity index is 0.0000198. The lowest BCUT2D eigenvalue weighted by atomic mass is 10.2. The van der Waals surface area contributed by atoms with Gasteiger partial charge in [-0.05, 0) is 83.9 Å². The van der Waals surface area contributed by atoms with Crippen LogP contribution in [-0.4, -0.2) is 198 Å². The largest absolute Gasteiger partial charge is 0.481 e. The Bertz CT molecular complexity index is 2890. The number of anilines is 2. The van der Waals surface area contributed by atoms with Gasteiger partial charge in [0.2, 0.25) is 0 Å². The van der Waals surface area contributed by atoms with Crippen LogP contribution in [0.25, 0.3) is 0 Å². The zero-order valence-electron chi connectivity index (χ0n) is 46.5. The summed E-state index contributed by atoms with van der Waals surface area (Å²) in [6.45, 7) is -1.37. The molecule has 0 saturated carbocycles. The predicted molar refractivity (Wildman–Crippen MR) is 311 cm³/mol. The first-order chi connectivity index (χ1) is 40.9. The number of halogens is 1. The summed E-state index contributed by atoms with van der Waals surface area (Å²) in [6.07, 6.45) is -2.09. The van der Waals surface area contributed by atoms with Crippen LogP contribution in [-0.2, 0) is 81.1 Å². The molecule has 4 aromatic rings. The van der Waals surface area contributed by atoms with Crippen molar-refractivity contribution in [1.29, 1.82) is 10.8 Å². The van der Waals surface area contributed by atoms with E-state index in [0.717, 1.165) is 0 Å². The summed E-state index contributed by atoms with van der Waals surface area (Å²) in [5.74, 6) is -8.18. The van der Waals surface area contributed by atoms with Gasteiger partial charge in [0.05, 0.1) is 103 Å². The molecule has 0 bridgehead atoms. The molecule has 4 aromatic carbocycles. The second-order valence-corrected chi connectivity index (χ2v) is 21.2. The predicted octanol–water partition coefficient (Wildman–Crippen LogP) is 1.09. The highest BCUT2D eigenvalue weighted by Crippen LogP contribution is 2.20. The molecule has 0 aliphatic heterocycles. The van der Waals surface area contributed by atoms with Gasteiger partial charge in [0.15, 0.2) is 11.9 Å². The lowest BCUT2D eigenvalue weighted by Gasteiger charge is -2.27. The summed E-state index contributed by atoms with van der Waals surface area (Å²) in [4.78, 5) is 72.4. The Kier molecular flexibility index (Phi) is 32.2. The van der Waals surface area contributed by atoms with Crippen molar-refractivity contribution in [2.24, 2.45) is 11.5 Å². The van der Waals surface area contributed by atoms with Gasteiger partial charge in [0.25, 0.3) is 20.4 Å². The highest BCUT2D eigenvalue weighted by Gasteiger charge is 2.38. The Morgan fingerprint density at radius 3 is 0.977 bits per heavy atom. The number of nitrogens with two attached hydrogens (primary N) is 2. The molecular weight excluding hydrogens is 1220 g/mol. The van der Waals surface area contributed by atoms with Crippen molar-refractivity contribution in [3.8, 4) is 11.5 Å². The summed E-state index contributed by atoms with van der Waals surface area (Å²) < 4.78 is 102. The van der Waals surface area contributed by atoms with Crippen LogP contribution in [0.3, 0.4) is 0 Å². The van der Waals surface area contributed by atoms with Crippen LogP contribution >= 0.6 is 12.4 Å². The van der Waals surface area contributed by atoms with E-state index in [4.69, 9.17) is 60.2 Å². The Hall–Kier alpha value is -7.97. The zero-order chi connectivity index (χ0) is 63.1. The molecule has 0 heterocycles. The molecule has 0 aliphatic rings. The summed E-state index contributed by atoms with van der Waals surface area (Å²) in [6, 6.07) is 19.5. The van der Waals surface area contributed by atoms with E-state index in [1.54, 1.807) is 0 Å². The number of nitrogens with zero attached hydrogens (tertiary/aromatic N) is 2. The number of aliphatic carboxylic acids is 4. The maximum Gasteiger partial charge on any atom is 0.343 e.